The third-order valence-corrected chi connectivity index (χ3v) is 7.68. The second-order valence-corrected chi connectivity index (χ2v) is 10.9. The standard InChI is InChI=1S/C27H36F3N5O2/c1-5-34(6-2)20-10-8-7-9-18(20)32-19-13-16(11-12-17(19)25(31)37)35-21-14-26(3,4)15-22(36)23(21)24(33-35)27(28,29)30/h11-13,18,20,32H,5-10,14-15H2,1-4H3,(H2,31,37). The zero-order valence-electron chi connectivity index (χ0n) is 21.9. The molecule has 7 nitrogen and oxygen atoms in total. The molecule has 2 atom stereocenters. The molecule has 202 valence electrons. The lowest BCUT2D eigenvalue weighted by Gasteiger charge is -2.40. The number of nitrogens with one attached hydrogen (secondary N) is 1. The number of primary amides is 1. The molecule has 0 radical (unpaired) electrons. The number of aromatic nitrogens is 2. The Kier molecular flexibility index (Phi) is 7.43. The Hall–Kier alpha value is -2.88. The Balaban J connectivity index is 1.81. The van der Waals surface area contributed by atoms with Crippen LogP contribution in [-0.4, -0.2) is 51.5 Å². The van der Waals surface area contributed by atoms with Crippen LogP contribution >= 0.6 is 0 Å². The van der Waals surface area contributed by atoms with Crippen molar-refractivity contribution in [1.29, 1.82) is 0 Å². The highest BCUT2D eigenvalue weighted by Crippen LogP contribution is 2.42. The molecule has 2 aliphatic carbocycles. The molecular formula is C27H36F3N5O2. The van der Waals surface area contributed by atoms with Gasteiger partial charge in [0, 0.05) is 24.2 Å². The molecule has 2 aliphatic rings. The first kappa shape index (κ1) is 27.2. The molecule has 0 aliphatic heterocycles. The van der Waals surface area contributed by atoms with E-state index in [-0.39, 0.29) is 41.7 Å². The number of halogens is 3. The van der Waals surface area contributed by atoms with Crippen LogP contribution in [0.1, 0.15) is 91.9 Å². The fourth-order valence-corrected chi connectivity index (χ4v) is 5.97. The fourth-order valence-electron chi connectivity index (χ4n) is 5.97. The SMILES string of the molecule is CCN(CC)C1CCCCC1Nc1cc(-n2nc(C(F)(F)F)c3c2CC(C)(C)CC3=O)ccc1C(N)=O. The summed E-state index contributed by atoms with van der Waals surface area (Å²) in [7, 11) is 0. The number of carbonyl (C=O) groups is 2. The lowest BCUT2D eigenvalue weighted by molar-refractivity contribution is -0.141. The summed E-state index contributed by atoms with van der Waals surface area (Å²) in [6, 6.07) is 5.01. The summed E-state index contributed by atoms with van der Waals surface area (Å²) in [6.45, 7) is 9.74. The lowest BCUT2D eigenvalue weighted by Crippen LogP contribution is -2.48. The highest BCUT2D eigenvalue weighted by molar-refractivity contribution is 6.00. The first-order valence-corrected chi connectivity index (χ1v) is 13.0. The van der Waals surface area contributed by atoms with Crippen LogP contribution in [0.25, 0.3) is 5.69 Å². The van der Waals surface area contributed by atoms with Crippen LogP contribution in [-0.2, 0) is 12.6 Å². The summed E-state index contributed by atoms with van der Waals surface area (Å²) in [5, 5.41) is 7.41. The number of Topliss-reactive ketones (excluding diaryl/α,β-unsaturated/α-hetero) is 1. The Labute approximate surface area is 215 Å². The number of hydrogen-bond donors (Lipinski definition) is 2. The number of fused-ring (bicyclic) bond motifs is 1. The van der Waals surface area contributed by atoms with Gasteiger partial charge in [-0.3, -0.25) is 14.5 Å². The minimum absolute atomic E-state index is 0.0244. The minimum atomic E-state index is -4.76. The zero-order valence-corrected chi connectivity index (χ0v) is 21.9. The van der Waals surface area contributed by atoms with Gasteiger partial charge in [0.1, 0.15) is 0 Å². The van der Waals surface area contributed by atoms with Crippen molar-refractivity contribution in [2.75, 3.05) is 18.4 Å². The number of nitrogens with two attached hydrogens (primary N) is 1. The molecule has 37 heavy (non-hydrogen) atoms. The summed E-state index contributed by atoms with van der Waals surface area (Å²) < 4.78 is 42.9. The molecule has 1 aromatic heterocycles. The highest BCUT2D eigenvalue weighted by atomic mass is 19.4. The van der Waals surface area contributed by atoms with E-state index in [4.69, 9.17) is 5.73 Å². The fraction of sp³-hybridized carbons (Fsp3) is 0.593. The molecule has 10 heteroatoms. The van der Waals surface area contributed by atoms with E-state index in [1.54, 1.807) is 6.07 Å². The van der Waals surface area contributed by atoms with Crippen molar-refractivity contribution in [1.82, 2.24) is 14.7 Å². The molecule has 1 fully saturated rings. The number of likely N-dealkylation sites (N-methyl/N-ethyl adjacent to an activating group) is 1. The van der Waals surface area contributed by atoms with E-state index >= 15 is 0 Å². The molecule has 0 spiro atoms. The third-order valence-electron chi connectivity index (χ3n) is 7.68. The molecule has 1 amide bonds. The van der Waals surface area contributed by atoms with Crippen LogP contribution in [0.4, 0.5) is 18.9 Å². The van der Waals surface area contributed by atoms with E-state index in [0.29, 0.717) is 11.4 Å². The number of anilines is 1. The van der Waals surface area contributed by atoms with Crippen molar-refractivity contribution in [2.45, 2.75) is 84.5 Å². The second-order valence-electron chi connectivity index (χ2n) is 10.9. The molecule has 1 heterocycles. The monoisotopic (exact) mass is 519 g/mol. The molecule has 3 N–H and O–H groups in total. The van der Waals surface area contributed by atoms with Crippen molar-refractivity contribution >= 4 is 17.4 Å². The third kappa shape index (κ3) is 5.39. The lowest BCUT2D eigenvalue weighted by atomic mass is 9.75. The maximum Gasteiger partial charge on any atom is 0.435 e. The van der Waals surface area contributed by atoms with Crippen molar-refractivity contribution < 1.29 is 22.8 Å². The number of rotatable bonds is 7. The summed E-state index contributed by atoms with van der Waals surface area (Å²) in [5.74, 6) is -1.18. The Morgan fingerprint density at radius 3 is 2.49 bits per heavy atom. The van der Waals surface area contributed by atoms with Crippen LogP contribution in [0.3, 0.4) is 0 Å². The molecule has 2 unspecified atom stereocenters. The predicted octanol–water partition coefficient (Wildman–Crippen LogP) is 5.21. The van der Waals surface area contributed by atoms with Gasteiger partial charge in [0.15, 0.2) is 11.5 Å². The average molecular weight is 520 g/mol. The molecule has 0 bridgehead atoms. The van der Waals surface area contributed by atoms with Gasteiger partial charge in [-0.05, 0) is 56.0 Å². The zero-order chi connectivity index (χ0) is 27.1. The van der Waals surface area contributed by atoms with E-state index in [2.05, 4.69) is 29.2 Å². The van der Waals surface area contributed by atoms with E-state index in [1.165, 1.54) is 16.8 Å². The van der Waals surface area contributed by atoms with E-state index in [1.807, 2.05) is 13.8 Å². The number of amides is 1. The molecule has 4 rings (SSSR count). The topological polar surface area (TPSA) is 93.2 Å². The second kappa shape index (κ2) is 10.1. The summed E-state index contributed by atoms with van der Waals surface area (Å²) in [6.07, 6.45) is -0.392. The molecule has 1 aromatic carbocycles. The van der Waals surface area contributed by atoms with E-state index in [9.17, 15) is 22.8 Å². The Morgan fingerprint density at radius 1 is 1.19 bits per heavy atom. The first-order chi connectivity index (χ1) is 17.4. The number of alkyl halides is 3. The summed E-state index contributed by atoms with van der Waals surface area (Å²) >= 11 is 0. The summed E-state index contributed by atoms with van der Waals surface area (Å²) in [4.78, 5) is 27.5. The smallest absolute Gasteiger partial charge is 0.380 e. The van der Waals surface area contributed by atoms with Crippen LogP contribution in [0, 0.1) is 5.41 Å². The number of carbonyl (C=O) groups excluding carboxylic acids is 2. The maximum absolute atomic E-state index is 13.9. The van der Waals surface area contributed by atoms with Crippen LogP contribution < -0.4 is 11.1 Å². The molecular weight excluding hydrogens is 483 g/mol. The van der Waals surface area contributed by atoms with Crippen molar-refractivity contribution in [2.24, 2.45) is 11.1 Å². The normalized spacial score (nSPS) is 21.7. The van der Waals surface area contributed by atoms with Gasteiger partial charge in [0.2, 0.25) is 0 Å². The summed E-state index contributed by atoms with van der Waals surface area (Å²) in [5.41, 5.74) is 4.98. The highest BCUT2D eigenvalue weighted by Gasteiger charge is 2.45. The van der Waals surface area contributed by atoms with Crippen molar-refractivity contribution in [3.63, 3.8) is 0 Å². The first-order valence-electron chi connectivity index (χ1n) is 13.0. The molecule has 0 saturated heterocycles. The van der Waals surface area contributed by atoms with Gasteiger partial charge in [-0.1, -0.05) is 40.5 Å². The van der Waals surface area contributed by atoms with Gasteiger partial charge >= 0.3 is 6.18 Å². The van der Waals surface area contributed by atoms with Gasteiger partial charge in [-0.2, -0.15) is 18.3 Å². The van der Waals surface area contributed by atoms with Crippen LogP contribution in [0.15, 0.2) is 18.2 Å². The van der Waals surface area contributed by atoms with Crippen LogP contribution in [0.5, 0.6) is 0 Å². The Morgan fingerprint density at radius 2 is 1.86 bits per heavy atom. The number of benzene rings is 1. The molecule has 2 aromatic rings. The van der Waals surface area contributed by atoms with Crippen molar-refractivity contribution in [3.8, 4) is 5.69 Å². The number of hydrogen-bond acceptors (Lipinski definition) is 5. The molecule has 1 saturated carbocycles. The van der Waals surface area contributed by atoms with Crippen LogP contribution in [0.2, 0.25) is 0 Å². The predicted molar refractivity (Wildman–Crippen MR) is 136 cm³/mol. The van der Waals surface area contributed by atoms with Gasteiger partial charge < -0.3 is 11.1 Å². The van der Waals surface area contributed by atoms with Crippen molar-refractivity contribution in [3.05, 3.63) is 40.7 Å². The number of nitrogens with zero attached hydrogens (tertiary/aromatic N) is 3. The van der Waals surface area contributed by atoms with E-state index < -0.39 is 29.0 Å². The Bertz CT molecular complexity index is 1180. The largest absolute Gasteiger partial charge is 0.435 e. The minimum Gasteiger partial charge on any atom is -0.380 e. The van der Waals surface area contributed by atoms with E-state index in [0.717, 1.165) is 38.8 Å². The quantitative estimate of drug-likeness (QED) is 0.524. The van der Waals surface area contributed by atoms with Gasteiger partial charge in [0.05, 0.1) is 22.5 Å². The van der Waals surface area contributed by atoms with Gasteiger partial charge in [0.25, 0.3) is 5.91 Å². The number of ketones is 1. The van der Waals surface area contributed by atoms with Gasteiger partial charge in [-0.15, -0.1) is 0 Å². The van der Waals surface area contributed by atoms with Gasteiger partial charge in [-0.25, -0.2) is 4.68 Å². The average Bonchev–Trinajstić information content (AvgIpc) is 3.20. The maximum atomic E-state index is 13.9.